The van der Waals surface area contributed by atoms with Crippen molar-refractivity contribution >= 4 is 33.9 Å². The van der Waals surface area contributed by atoms with Crippen LogP contribution in [0.4, 0.5) is 0 Å². The number of aromatic carboxylic acids is 2. The lowest BCUT2D eigenvalue weighted by molar-refractivity contribution is 0.0623. The summed E-state index contributed by atoms with van der Waals surface area (Å²) < 4.78 is 32.9. The first kappa shape index (κ1) is 31.8. The second-order valence-electron chi connectivity index (χ2n) is 9.75. The number of aliphatic hydroxyl groups is 3. The molecule has 5 N–H and O–H groups in total. The smallest absolute Gasteiger partial charge is 0.371 e. The first-order valence-corrected chi connectivity index (χ1v) is 13.1. The Hall–Kier alpha value is -5.12. The maximum Gasteiger partial charge on any atom is 0.371 e. The molecule has 15 heteroatoms. The average molecular weight is 617 g/mol. The molecule has 0 fully saturated rings. The van der Waals surface area contributed by atoms with Crippen LogP contribution in [0.3, 0.4) is 0 Å². The van der Waals surface area contributed by atoms with Crippen molar-refractivity contribution in [1.29, 1.82) is 0 Å². The van der Waals surface area contributed by atoms with E-state index < -0.39 is 52.6 Å². The molecule has 2 aromatic heterocycles. The van der Waals surface area contributed by atoms with Crippen LogP contribution in [0.5, 0.6) is 23.0 Å². The van der Waals surface area contributed by atoms with E-state index in [1.807, 2.05) is 0 Å². The predicted octanol–water partition coefficient (Wildman–Crippen LogP) is 1.63. The minimum Gasteiger partial charge on any atom is -0.490 e. The van der Waals surface area contributed by atoms with Crippen LogP contribution in [-0.2, 0) is 0 Å². The summed E-state index contributed by atoms with van der Waals surface area (Å²) in [5.41, 5.74) is -1.71. The summed E-state index contributed by atoms with van der Waals surface area (Å²) in [5.74, 6) is -4.20. The van der Waals surface area contributed by atoms with Gasteiger partial charge in [-0.1, -0.05) is 0 Å². The number of ether oxygens (including phenoxy) is 4. The minimum atomic E-state index is -1.47. The van der Waals surface area contributed by atoms with Crippen LogP contribution in [0.15, 0.2) is 54.8 Å². The zero-order valence-electron chi connectivity index (χ0n) is 23.3. The molecular formula is C29H28O15. The number of carbonyl (C=O) groups is 2. The van der Waals surface area contributed by atoms with Gasteiger partial charge >= 0.3 is 11.9 Å². The molecule has 2 unspecified atom stereocenters. The Morgan fingerprint density at radius 2 is 1.02 bits per heavy atom. The van der Waals surface area contributed by atoms with Crippen LogP contribution in [0.1, 0.15) is 35.0 Å². The monoisotopic (exact) mass is 616 g/mol. The quantitative estimate of drug-likeness (QED) is 0.135. The lowest BCUT2D eigenvalue weighted by atomic mass is 10.2. The van der Waals surface area contributed by atoms with Crippen LogP contribution in [0.2, 0.25) is 0 Å². The summed E-state index contributed by atoms with van der Waals surface area (Å²) in [6, 6.07) is 6.69. The summed E-state index contributed by atoms with van der Waals surface area (Å²) in [6.07, 6.45) is -3.06. The van der Waals surface area contributed by atoms with Gasteiger partial charge in [-0.3, -0.25) is 9.59 Å². The van der Waals surface area contributed by atoms with Crippen molar-refractivity contribution in [2.24, 2.45) is 0 Å². The average Bonchev–Trinajstić information content (AvgIpc) is 2.95. The van der Waals surface area contributed by atoms with Gasteiger partial charge in [-0.2, -0.15) is 0 Å². The Kier molecular flexibility index (Phi) is 9.73. The van der Waals surface area contributed by atoms with E-state index in [0.717, 1.165) is 12.1 Å². The fraction of sp³-hybridized carbons (Fsp3) is 0.310. The number of fused-ring (bicyclic) bond motifs is 2. The van der Waals surface area contributed by atoms with Gasteiger partial charge in [0, 0.05) is 36.4 Å². The second kappa shape index (κ2) is 13.5. The minimum absolute atomic E-state index is 0.0327. The van der Waals surface area contributed by atoms with Crippen LogP contribution >= 0.6 is 0 Å². The maximum absolute atomic E-state index is 12.6. The van der Waals surface area contributed by atoms with Crippen molar-refractivity contribution in [1.82, 2.24) is 0 Å². The van der Waals surface area contributed by atoms with E-state index in [2.05, 4.69) is 0 Å². The Morgan fingerprint density at radius 3 is 1.36 bits per heavy atom. The molecule has 234 valence electrons. The third kappa shape index (κ3) is 7.63. The topological polar surface area (TPSA) is 233 Å². The van der Waals surface area contributed by atoms with Crippen LogP contribution in [0.25, 0.3) is 21.9 Å². The highest BCUT2D eigenvalue weighted by atomic mass is 16.5. The summed E-state index contributed by atoms with van der Waals surface area (Å²) in [5, 5.41) is 48.1. The number of hydrogen-bond donors (Lipinski definition) is 5. The molecule has 0 saturated carbocycles. The number of rotatable bonds is 14. The molecule has 0 spiro atoms. The molecule has 0 saturated heterocycles. The zero-order valence-corrected chi connectivity index (χ0v) is 23.3. The largest absolute Gasteiger partial charge is 0.490 e. The summed E-state index contributed by atoms with van der Waals surface area (Å²) >= 11 is 0. The van der Waals surface area contributed by atoms with E-state index in [1.54, 1.807) is 0 Å². The van der Waals surface area contributed by atoms with E-state index in [-0.39, 0.29) is 71.4 Å². The van der Waals surface area contributed by atoms with E-state index in [9.17, 15) is 44.7 Å². The number of aliphatic hydroxyl groups excluding tert-OH is 3. The molecule has 0 aliphatic heterocycles. The number of hydrogen-bond acceptors (Lipinski definition) is 13. The molecule has 0 radical (unpaired) electrons. The van der Waals surface area contributed by atoms with Gasteiger partial charge in [0.25, 0.3) is 0 Å². The van der Waals surface area contributed by atoms with Gasteiger partial charge in [0.15, 0.2) is 10.9 Å². The first-order valence-electron chi connectivity index (χ1n) is 13.1. The highest BCUT2D eigenvalue weighted by Gasteiger charge is 2.20. The van der Waals surface area contributed by atoms with E-state index >= 15 is 0 Å². The highest BCUT2D eigenvalue weighted by Crippen LogP contribution is 2.32. The zero-order chi connectivity index (χ0) is 32.1. The Labute approximate surface area is 247 Å². The van der Waals surface area contributed by atoms with Crippen molar-refractivity contribution in [2.45, 2.75) is 32.2 Å². The van der Waals surface area contributed by atoms with Gasteiger partial charge < -0.3 is 53.3 Å². The molecular weight excluding hydrogens is 588 g/mol. The van der Waals surface area contributed by atoms with Crippen molar-refractivity contribution in [3.63, 3.8) is 0 Å². The molecule has 2 heterocycles. The van der Waals surface area contributed by atoms with Gasteiger partial charge in [-0.25, -0.2) is 9.59 Å². The van der Waals surface area contributed by atoms with E-state index in [4.69, 9.17) is 27.8 Å². The Balaban J connectivity index is 1.54. The fourth-order valence-corrected chi connectivity index (χ4v) is 3.92. The Bertz CT molecular complexity index is 1670. The summed E-state index contributed by atoms with van der Waals surface area (Å²) in [6.45, 7) is 1.78. The SMILES string of the molecule is CC(O)COc1cc(OCC(O)COc2cc(OCC(C)O)c3c(=O)cc(C(=O)O)oc3c2)cc2oc(C(=O)O)cc(=O)c12. The molecule has 0 aliphatic rings. The number of carboxylic acid groups (broad SMARTS) is 2. The van der Waals surface area contributed by atoms with Gasteiger partial charge in [-0.05, 0) is 13.8 Å². The fourth-order valence-electron chi connectivity index (χ4n) is 3.92. The molecule has 2 aromatic carbocycles. The molecule has 2 atom stereocenters. The van der Waals surface area contributed by atoms with E-state index in [0.29, 0.717) is 0 Å². The lowest BCUT2D eigenvalue weighted by Crippen LogP contribution is -2.25. The van der Waals surface area contributed by atoms with Crippen molar-refractivity contribution in [2.75, 3.05) is 26.4 Å². The lowest BCUT2D eigenvalue weighted by Gasteiger charge is -2.17. The molecule has 4 rings (SSSR count). The first-order chi connectivity index (χ1) is 20.8. The van der Waals surface area contributed by atoms with E-state index in [1.165, 1.54) is 38.1 Å². The Morgan fingerprint density at radius 1 is 0.636 bits per heavy atom. The van der Waals surface area contributed by atoms with Gasteiger partial charge in [0.2, 0.25) is 11.5 Å². The normalized spacial score (nSPS) is 13.3. The van der Waals surface area contributed by atoms with Crippen molar-refractivity contribution in [3.05, 3.63) is 68.4 Å². The van der Waals surface area contributed by atoms with Crippen molar-refractivity contribution in [3.8, 4) is 23.0 Å². The van der Waals surface area contributed by atoms with Gasteiger partial charge in [-0.15, -0.1) is 0 Å². The number of benzene rings is 2. The molecule has 15 nitrogen and oxygen atoms in total. The molecule has 0 bridgehead atoms. The van der Waals surface area contributed by atoms with Crippen LogP contribution in [0, 0.1) is 0 Å². The van der Waals surface area contributed by atoms with Crippen LogP contribution in [-0.4, -0.2) is 82.2 Å². The third-order valence-electron chi connectivity index (χ3n) is 5.80. The highest BCUT2D eigenvalue weighted by molar-refractivity contribution is 5.91. The third-order valence-corrected chi connectivity index (χ3v) is 5.80. The predicted molar refractivity (Wildman–Crippen MR) is 150 cm³/mol. The standard InChI is InChI=1S/C29H28O15/c1-13(30)9-41-20-3-16(5-22-26(20)18(33)7-24(43-22)28(35)36)39-11-15(32)12-40-17-4-21(42-10-14(2)31)27-19(34)8-25(29(37)38)44-23(27)6-17/h3-8,13-15,30-32H,9-12H2,1-2H3,(H,35,36)(H,37,38). The molecule has 0 amide bonds. The number of carboxylic acids is 2. The molecule has 0 aliphatic carbocycles. The molecule has 44 heavy (non-hydrogen) atoms. The summed E-state index contributed by atoms with van der Waals surface area (Å²) in [4.78, 5) is 47.9. The van der Waals surface area contributed by atoms with Gasteiger partial charge in [0.1, 0.15) is 77.5 Å². The maximum atomic E-state index is 12.6. The van der Waals surface area contributed by atoms with Crippen molar-refractivity contribution < 1.29 is 62.9 Å². The van der Waals surface area contributed by atoms with Gasteiger partial charge in [0.05, 0.1) is 12.2 Å². The summed E-state index contributed by atoms with van der Waals surface area (Å²) in [7, 11) is 0. The van der Waals surface area contributed by atoms with Crippen LogP contribution < -0.4 is 29.8 Å². The second-order valence-corrected chi connectivity index (χ2v) is 9.75. The molecule has 4 aromatic rings.